The molecule has 0 bridgehead atoms. The second-order valence-corrected chi connectivity index (χ2v) is 7.14. The molecule has 0 amide bonds. The summed E-state index contributed by atoms with van der Waals surface area (Å²) in [5, 5.41) is 1.72. The molecule has 0 unspecified atom stereocenters. The summed E-state index contributed by atoms with van der Waals surface area (Å²) in [6.45, 7) is 2.36. The van der Waals surface area contributed by atoms with Gasteiger partial charge >= 0.3 is 0 Å². The number of aryl methyl sites for hydroxylation is 1. The van der Waals surface area contributed by atoms with E-state index in [9.17, 15) is 8.42 Å². The molecule has 0 saturated heterocycles. The predicted octanol–water partition coefficient (Wildman–Crippen LogP) is 2.00. The number of rotatable bonds is 6. The van der Waals surface area contributed by atoms with Crippen LogP contribution in [0.1, 0.15) is 5.56 Å². The number of nitrogens with one attached hydrogen (secondary N) is 1. The summed E-state index contributed by atoms with van der Waals surface area (Å²) in [6.07, 6.45) is 0. The van der Waals surface area contributed by atoms with Crippen LogP contribution >= 0.6 is 11.3 Å². The third-order valence-electron chi connectivity index (χ3n) is 2.66. The second kappa shape index (κ2) is 6.25. The topological polar surface area (TPSA) is 81.4 Å². The van der Waals surface area contributed by atoms with Crippen LogP contribution in [0.15, 0.2) is 39.9 Å². The lowest BCUT2D eigenvalue weighted by Crippen LogP contribution is -2.27. The van der Waals surface area contributed by atoms with E-state index in [2.05, 4.69) is 4.72 Å². The first-order valence-electron chi connectivity index (χ1n) is 6.01. The van der Waals surface area contributed by atoms with Gasteiger partial charge in [-0.1, -0.05) is 6.07 Å². The first-order valence-corrected chi connectivity index (χ1v) is 8.37. The van der Waals surface area contributed by atoms with Gasteiger partial charge in [0.15, 0.2) is 0 Å². The van der Waals surface area contributed by atoms with E-state index in [1.165, 1.54) is 11.3 Å². The molecular weight excluding hydrogens is 296 g/mol. The Kier molecular flexibility index (Phi) is 4.64. The molecule has 0 fully saturated rings. The molecule has 2 aromatic rings. The van der Waals surface area contributed by atoms with Crippen LogP contribution in [0, 0.1) is 6.92 Å². The summed E-state index contributed by atoms with van der Waals surface area (Å²) in [6, 6.07) is 8.61. The van der Waals surface area contributed by atoms with E-state index in [0.717, 1.165) is 5.56 Å². The van der Waals surface area contributed by atoms with Crippen molar-refractivity contribution in [2.24, 2.45) is 0 Å². The van der Waals surface area contributed by atoms with Crippen molar-refractivity contribution < 1.29 is 13.2 Å². The van der Waals surface area contributed by atoms with Gasteiger partial charge in [-0.2, -0.15) is 0 Å². The predicted molar refractivity (Wildman–Crippen MR) is 80.6 cm³/mol. The molecule has 7 heteroatoms. The number of hydrogen-bond donors (Lipinski definition) is 2. The van der Waals surface area contributed by atoms with Crippen LogP contribution in [0.5, 0.6) is 5.75 Å². The Labute approximate surface area is 122 Å². The molecule has 5 nitrogen and oxygen atoms in total. The highest BCUT2D eigenvalue weighted by atomic mass is 32.2. The van der Waals surface area contributed by atoms with Crippen LogP contribution in [0.2, 0.25) is 0 Å². The van der Waals surface area contributed by atoms with Crippen LogP contribution in [-0.2, 0) is 10.0 Å². The standard InChI is InChI=1S/C13H16N2O3S2/c1-10-9-11(4-5-12(10)14)18-7-6-15-20(16,17)13-3-2-8-19-13/h2-5,8-9,15H,6-7,14H2,1H3. The molecule has 108 valence electrons. The zero-order valence-corrected chi connectivity index (χ0v) is 12.6. The number of nitrogen functional groups attached to an aromatic ring is 1. The summed E-state index contributed by atoms with van der Waals surface area (Å²) in [5.74, 6) is 0.673. The van der Waals surface area contributed by atoms with Crippen LogP contribution in [0.25, 0.3) is 0 Å². The minimum atomic E-state index is -3.42. The number of thiophene rings is 1. The average molecular weight is 312 g/mol. The van der Waals surface area contributed by atoms with Crippen LogP contribution < -0.4 is 15.2 Å². The van der Waals surface area contributed by atoms with Crippen molar-refractivity contribution in [1.82, 2.24) is 4.72 Å². The van der Waals surface area contributed by atoms with Gasteiger partial charge in [0.1, 0.15) is 16.6 Å². The van der Waals surface area contributed by atoms with Gasteiger partial charge in [0.25, 0.3) is 0 Å². The molecule has 0 aliphatic rings. The fraction of sp³-hybridized carbons (Fsp3) is 0.231. The van der Waals surface area contributed by atoms with Gasteiger partial charge in [0.05, 0.1) is 0 Å². The first kappa shape index (κ1) is 14.8. The van der Waals surface area contributed by atoms with E-state index in [-0.39, 0.29) is 13.2 Å². The molecule has 2 rings (SSSR count). The summed E-state index contributed by atoms with van der Waals surface area (Å²) in [7, 11) is -3.42. The van der Waals surface area contributed by atoms with Crippen LogP contribution in [-0.4, -0.2) is 21.6 Å². The number of hydrogen-bond acceptors (Lipinski definition) is 5. The Morgan fingerprint density at radius 1 is 1.35 bits per heavy atom. The van der Waals surface area contributed by atoms with E-state index in [1.54, 1.807) is 29.6 Å². The third kappa shape index (κ3) is 3.72. The number of anilines is 1. The van der Waals surface area contributed by atoms with Gasteiger partial charge in [-0.05, 0) is 42.1 Å². The highest BCUT2D eigenvalue weighted by Crippen LogP contribution is 2.18. The summed E-state index contributed by atoms with van der Waals surface area (Å²) in [5.41, 5.74) is 7.35. The monoisotopic (exact) mass is 312 g/mol. The maximum Gasteiger partial charge on any atom is 0.250 e. The Balaban J connectivity index is 1.83. The molecule has 1 heterocycles. The molecule has 0 spiro atoms. The Morgan fingerprint density at radius 3 is 2.80 bits per heavy atom. The Morgan fingerprint density at radius 2 is 2.15 bits per heavy atom. The summed E-state index contributed by atoms with van der Waals surface area (Å²) in [4.78, 5) is 0. The normalized spacial score (nSPS) is 11.4. The van der Waals surface area contributed by atoms with Gasteiger partial charge in [-0.25, -0.2) is 13.1 Å². The number of sulfonamides is 1. The lowest BCUT2D eigenvalue weighted by atomic mass is 10.2. The highest BCUT2D eigenvalue weighted by Gasteiger charge is 2.13. The van der Waals surface area contributed by atoms with Gasteiger partial charge in [-0.15, -0.1) is 11.3 Å². The molecule has 0 aliphatic heterocycles. The zero-order chi connectivity index (χ0) is 14.6. The van der Waals surface area contributed by atoms with E-state index in [0.29, 0.717) is 15.6 Å². The van der Waals surface area contributed by atoms with Gasteiger partial charge in [0.2, 0.25) is 10.0 Å². The number of nitrogens with two attached hydrogens (primary N) is 1. The smallest absolute Gasteiger partial charge is 0.250 e. The molecule has 3 N–H and O–H groups in total. The van der Waals surface area contributed by atoms with E-state index in [4.69, 9.17) is 10.5 Å². The molecule has 0 atom stereocenters. The van der Waals surface area contributed by atoms with Crippen molar-refractivity contribution in [3.05, 3.63) is 41.3 Å². The van der Waals surface area contributed by atoms with Crippen LogP contribution in [0.4, 0.5) is 5.69 Å². The average Bonchev–Trinajstić information content (AvgIpc) is 2.93. The molecular formula is C13H16N2O3S2. The second-order valence-electron chi connectivity index (χ2n) is 4.20. The summed E-state index contributed by atoms with van der Waals surface area (Å²) < 4.78 is 31.9. The molecule has 0 saturated carbocycles. The maximum atomic E-state index is 11.8. The number of ether oxygens (including phenoxy) is 1. The molecule has 1 aromatic carbocycles. The van der Waals surface area contributed by atoms with Crippen molar-refractivity contribution in [2.45, 2.75) is 11.1 Å². The van der Waals surface area contributed by atoms with E-state index in [1.807, 2.05) is 13.0 Å². The van der Waals surface area contributed by atoms with Gasteiger partial charge in [0, 0.05) is 12.2 Å². The summed E-state index contributed by atoms with van der Waals surface area (Å²) >= 11 is 1.18. The van der Waals surface area contributed by atoms with Crippen molar-refractivity contribution >= 4 is 27.0 Å². The lowest BCUT2D eigenvalue weighted by Gasteiger charge is -2.09. The Bertz CT molecular complexity index is 667. The zero-order valence-electron chi connectivity index (χ0n) is 11.0. The third-order valence-corrected chi connectivity index (χ3v) is 5.52. The van der Waals surface area contributed by atoms with Crippen molar-refractivity contribution in [3.8, 4) is 5.75 Å². The molecule has 1 aromatic heterocycles. The van der Waals surface area contributed by atoms with E-state index < -0.39 is 10.0 Å². The largest absolute Gasteiger partial charge is 0.492 e. The minimum absolute atomic E-state index is 0.212. The van der Waals surface area contributed by atoms with Crippen LogP contribution in [0.3, 0.4) is 0 Å². The van der Waals surface area contributed by atoms with E-state index >= 15 is 0 Å². The fourth-order valence-electron chi connectivity index (χ4n) is 1.57. The molecule has 20 heavy (non-hydrogen) atoms. The molecule has 0 aliphatic carbocycles. The van der Waals surface area contributed by atoms with Crippen molar-refractivity contribution in [2.75, 3.05) is 18.9 Å². The van der Waals surface area contributed by atoms with Crippen molar-refractivity contribution in [1.29, 1.82) is 0 Å². The van der Waals surface area contributed by atoms with Gasteiger partial charge in [-0.3, -0.25) is 0 Å². The quantitative estimate of drug-likeness (QED) is 0.631. The van der Waals surface area contributed by atoms with Gasteiger partial charge < -0.3 is 10.5 Å². The lowest BCUT2D eigenvalue weighted by molar-refractivity contribution is 0.322. The first-order chi connectivity index (χ1) is 9.49. The highest BCUT2D eigenvalue weighted by molar-refractivity contribution is 7.91. The Hall–Kier alpha value is -1.57. The minimum Gasteiger partial charge on any atom is -0.492 e. The fourth-order valence-corrected chi connectivity index (χ4v) is 3.62. The molecule has 0 radical (unpaired) electrons. The number of benzene rings is 1. The maximum absolute atomic E-state index is 11.8. The van der Waals surface area contributed by atoms with Crippen molar-refractivity contribution in [3.63, 3.8) is 0 Å². The SMILES string of the molecule is Cc1cc(OCCNS(=O)(=O)c2cccs2)ccc1N.